The average molecular weight is 351 g/mol. The largest absolute Gasteiger partial charge is 0.402 e. The predicted octanol–water partition coefficient (Wildman–Crippen LogP) is 5.33. The van der Waals surface area contributed by atoms with Crippen LogP contribution in [0.2, 0.25) is 0 Å². The molecule has 0 fully saturated rings. The summed E-state index contributed by atoms with van der Waals surface area (Å²) in [6.45, 7) is 8.15. The summed E-state index contributed by atoms with van der Waals surface area (Å²) in [5, 5.41) is 10.3. The number of carbonyl (C=O) groups is 1. The Morgan fingerprint density at radius 2 is 1.46 bits per heavy atom. The highest BCUT2D eigenvalue weighted by molar-refractivity contribution is 5.90. The van der Waals surface area contributed by atoms with Gasteiger partial charge in [0.1, 0.15) is 0 Å². The van der Waals surface area contributed by atoms with Gasteiger partial charge in [0.05, 0.1) is 5.56 Å². The predicted molar refractivity (Wildman–Crippen MR) is 103 cm³/mol. The maximum absolute atomic E-state index is 12.4. The van der Waals surface area contributed by atoms with Crippen LogP contribution in [0.1, 0.15) is 43.6 Å². The molecular formula is C21H25N3O2. The van der Waals surface area contributed by atoms with Crippen LogP contribution in [0.3, 0.4) is 0 Å². The van der Waals surface area contributed by atoms with Gasteiger partial charge in [-0.3, -0.25) is 5.01 Å². The monoisotopic (exact) mass is 351 g/mol. The Kier molecular flexibility index (Phi) is 7.09. The summed E-state index contributed by atoms with van der Waals surface area (Å²) in [7, 11) is 0. The fourth-order valence-electron chi connectivity index (χ4n) is 2.40. The van der Waals surface area contributed by atoms with E-state index in [4.69, 9.17) is 4.74 Å². The lowest BCUT2D eigenvalue weighted by atomic mass is 10.2. The van der Waals surface area contributed by atoms with Crippen LogP contribution in [0.5, 0.6) is 0 Å². The molecule has 5 heteroatoms. The standard InChI is InChI=1S/C21H25N3O2/c1-16(2)24(17(3)4)23-22-20(15-18-11-7-5-8-12-18)26-21(25)19-13-9-6-10-14-19/h5-17H,1-4H3/b20-15+,23-22+. The van der Waals surface area contributed by atoms with Gasteiger partial charge >= 0.3 is 5.97 Å². The first-order valence-corrected chi connectivity index (χ1v) is 8.71. The smallest absolute Gasteiger partial charge is 0.344 e. The molecule has 2 aromatic rings. The molecule has 0 heterocycles. The Balaban J connectivity index is 2.27. The lowest BCUT2D eigenvalue weighted by Gasteiger charge is -2.25. The van der Waals surface area contributed by atoms with E-state index in [0.29, 0.717) is 5.56 Å². The Hall–Kier alpha value is -2.95. The van der Waals surface area contributed by atoms with Crippen LogP contribution in [0.15, 0.2) is 76.9 Å². The van der Waals surface area contributed by atoms with Crippen LogP contribution >= 0.6 is 0 Å². The highest BCUT2D eigenvalue weighted by Crippen LogP contribution is 2.15. The third-order valence-corrected chi connectivity index (χ3v) is 3.60. The van der Waals surface area contributed by atoms with Gasteiger partial charge in [-0.15, -0.1) is 0 Å². The van der Waals surface area contributed by atoms with E-state index in [-0.39, 0.29) is 18.0 Å². The second-order valence-corrected chi connectivity index (χ2v) is 6.41. The third-order valence-electron chi connectivity index (χ3n) is 3.60. The van der Waals surface area contributed by atoms with E-state index in [1.165, 1.54) is 0 Å². The van der Waals surface area contributed by atoms with E-state index < -0.39 is 5.97 Å². The summed E-state index contributed by atoms with van der Waals surface area (Å²) >= 11 is 0. The lowest BCUT2D eigenvalue weighted by Crippen LogP contribution is -2.31. The Morgan fingerprint density at radius 3 is 2.00 bits per heavy atom. The first kappa shape index (κ1) is 19.4. The molecule has 0 atom stereocenters. The minimum absolute atomic E-state index is 0.149. The number of benzene rings is 2. The second kappa shape index (κ2) is 9.51. The molecule has 0 spiro atoms. The van der Waals surface area contributed by atoms with Crippen LogP contribution in [-0.4, -0.2) is 23.1 Å². The molecule has 0 radical (unpaired) electrons. The van der Waals surface area contributed by atoms with Crippen molar-refractivity contribution in [1.29, 1.82) is 0 Å². The lowest BCUT2D eigenvalue weighted by molar-refractivity contribution is 0.0614. The van der Waals surface area contributed by atoms with Crippen molar-refractivity contribution in [2.45, 2.75) is 39.8 Å². The molecule has 0 aliphatic heterocycles. The summed E-state index contributed by atoms with van der Waals surface area (Å²) in [4.78, 5) is 12.4. The molecule has 2 rings (SSSR count). The molecule has 0 saturated heterocycles. The number of esters is 1. The normalized spacial score (nSPS) is 12.0. The van der Waals surface area contributed by atoms with Gasteiger partial charge in [0.2, 0.25) is 5.88 Å². The van der Waals surface area contributed by atoms with Crippen molar-refractivity contribution in [3.63, 3.8) is 0 Å². The molecule has 2 aromatic carbocycles. The highest BCUT2D eigenvalue weighted by Gasteiger charge is 2.13. The summed E-state index contributed by atoms with van der Waals surface area (Å²) in [5.74, 6) is -0.316. The third kappa shape index (κ3) is 5.84. The maximum atomic E-state index is 12.4. The molecule has 0 aliphatic carbocycles. The van der Waals surface area contributed by atoms with Crippen molar-refractivity contribution >= 4 is 12.0 Å². The molecule has 0 amide bonds. The van der Waals surface area contributed by atoms with Gasteiger partial charge in [-0.05, 0) is 45.4 Å². The van der Waals surface area contributed by atoms with E-state index in [9.17, 15) is 4.79 Å². The maximum Gasteiger partial charge on any atom is 0.344 e. The fraction of sp³-hybridized carbons (Fsp3) is 0.286. The number of nitrogens with zero attached hydrogens (tertiary/aromatic N) is 3. The van der Waals surface area contributed by atoms with Gasteiger partial charge in [-0.2, -0.15) is 0 Å². The first-order valence-electron chi connectivity index (χ1n) is 8.71. The van der Waals surface area contributed by atoms with Gasteiger partial charge in [0.25, 0.3) is 0 Å². The summed E-state index contributed by atoms with van der Waals surface area (Å²) in [5.41, 5.74) is 1.34. The Labute approximate surface area is 155 Å². The Morgan fingerprint density at radius 1 is 0.923 bits per heavy atom. The second-order valence-electron chi connectivity index (χ2n) is 6.41. The molecule has 0 aromatic heterocycles. The van der Waals surface area contributed by atoms with E-state index in [1.807, 2.05) is 69.1 Å². The minimum Gasteiger partial charge on any atom is -0.402 e. The molecule has 0 saturated carbocycles. The van der Waals surface area contributed by atoms with Crippen molar-refractivity contribution in [2.24, 2.45) is 10.3 Å². The van der Waals surface area contributed by atoms with Crippen molar-refractivity contribution in [2.75, 3.05) is 0 Å². The van der Waals surface area contributed by atoms with E-state index >= 15 is 0 Å². The number of rotatable bonds is 7. The average Bonchev–Trinajstić information content (AvgIpc) is 2.62. The first-order chi connectivity index (χ1) is 12.5. The van der Waals surface area contributed by atoms with E-state index in [0.717, 1.165) is 5.56 Å². The highest BCUT2D eigenvalue weighted by atomic mass is 16.5. The molecule has 0 unspecified atom stereocenters. The molecule has 26 heavy (non-hydrogen) atoms. The molecule has 0 bridgehead atoms. The van der Waals surface area contributed by atoms with Crippen molar-refractivity contribution in [3.8, 4) is 0 Å². The van der Waals surface area contributed by atoms with Crippen molar-refractivity contribution in [1.82, 2.24) is 5.01 Å². The number of hydrogen-bond donors (Lipinski definition) is 0. The molecule has 5 nitrogen and oxygen atoms in total. The zero-order valence-corrected chi connectivity index (χ0v) is 15.7. The zero-order chi connectivity index (χ0) is 18.9. The minimum atomic E-state index is -0.465. The molecule has 0 aliphatic rings. The van der Waals surface area contributed by atoms with Crippen molar-refractivity contribution in [3.05, 3.63) is 77.7 Å². The zero-order valence-electron chi connectivity index (χ0n) is 15.7. The van der Waals surface area contributed by atoms with Gasteiger partial charge in [-0.25, -0.2) is 4.79 Å². The fourth-order valence-corrected chi connectivity index (χ4v) is 2.40. The van der Waals surface area contributed by atoms with Crippen LogP contribution in [0.4, 0.5) is 0 Å². The SMILES string of the molecule is CC(C)N(/N=N/C(=C\c1ccccc1)OC(=O)c1ccccc1)C(C)C. The van der Waals surface area contributed by atoms with Crippen LogP contribution in [0, 0.1) is 0 Å². The van der Waals surface area contributed by atoms with E-state index in [1.54, 1.807) is 30.3 Å². The van der Waals surface area contributed by atoms with Crippen LogP contribution < -0.4 is 0 Å². The van der Waals surface area contributed by atoms with Crippen molar-refractivity contribution < 1.29 is 9.53 Å². The van der Waals surface area contributed by atoms with E-state index in [2.05, 4.69) is 10.3 Å². The molecule has 0 N–H and O–H groups in total. The van der Waals surface area contributed by atoms with Crippen LogP contribution in [0.25, 0.3) is 6.08 Å². The molecular weight excluding hydrogens is 326 g/mol. The molecule has 136 valence electrons. The van der Waals surface area contributed by atoms with Gasteiger partial charge in [0, 0.05) is 18.2 Å². The summed E-state index contributed by atoms with van der Waals surface area (Å²) in [6, 6.07) is 18.8. The topological polar surface area (TPSA) is 54.3 Å². The van der Waals surface area contributed by atoms with Crippen LogP contribution in [-0.2, 0) is 4.74 Å². The number of hydrogen-bond acceptors (Lipinski definition) is 4. The van der Waals surface area contributed by atoms with Gasteiger partial charge < -0.3 is 4.74 Å². The summed E-state index contributed by atoms with van der Waals surface area (Å²) < 4.78 is 5.49. The number of carbonyl (C=O) groups excluding carboxylic acids is 1. The number of ether oxygens (including phenoxy) is 1. The quantitative estimate of drug-likeness (QED) is 0.293. The van der Waals surface area contributed by atoms with Gasteiger partial charge in [-0.1, -0.05) is 58.9 Å². The summed E-state index contributed by atoms with van der Waals surface area (Å²) in [6.07, 6.45) is 1.70. The van der Waals surface area contributed by atoms with Gasteiger partial charge in [0.15, 0.2) is 0 Å². The Bertz CT molecular complexity index is 745.